The van der Waals surface area contributed by atoms with E-state index in [9.17, 15) is 0 Å². The first-order chi connectivity index (χ1) is 18.3. The van der Waals surface area contributed by atoms with Crippen molar-refractivity contribution >= 4 is 44.4 Å². The molecule has 0 atom stereocenters. The number of amidine groups is 2. The van der Waals surface area contributed by atoms with Crippen molar-refractivity contribution in [2.24, 2.45) is 9.98 Å². The molecule has 5 N–H and O–H groups in total. The standard InChI is InChI=1S/C30H25N7/c1-2-18(25-13-20-5-6-22(16-27(20)36-25)29-31-7-8-32-29)12-23-17(1)11-24(35-23)19-3-4-21-15-28(37-26(21)14-19)30-33-9-10-34-30/h1-6,11-16,35-37H,7-10H2,(H,31,32)(H,33,34). The van der Waals surface area contributed by atoms with Crippen molar-refractivity contribution in [3.63, 3.8) is 0 Å². The third-order valence-corrected chi connectivity index (χ3v) is 7.37. The van der Waals surface area contributed by atoms with E-state index in [-0.39, 0.29) is 0 Å². The molecule has 0 radical (unpaired) electrons. The molecule has 0 spiro atoms. The first kappa shape index (κ1) is 20.4. The molecule has 6 aromatic rings. The molecule has 3 aromatic carbocycles. The predicted octanol–water partition coefficient (Wildman–Crippen LogP) is 5.16. The Morgan fingerprint density at radius 3 is 1.46 bits per heavy atom. The van der Waals surface area contributed by atoms with Crippen LogP contribution in [0.15, 0.2) is 82.8 Å². The van der Waals surface area contributed by atoms with E-state index >= 15 is 0 Å². The summed E-state index contributed by atoms with van der Waals surface area (Å²) in [6, 6.07) is 26.2. The number of aromatic nitrogens is 3. The summed E-state index contributed by atoms with van der Waals surface area (Å²) in [5.74, 6) is 1.93. The summed E-state index contributed by atoms with van der Waals surface area (Å²) in [4.78, 5) is 19.9. The molecule has 0 unspecified atom stereocenters. The van der Waals surface area contributed by atoms with Crippen molar-refractivity contribution in [2.45, 2.75) is 0 Å². The van der Waals surface area contributed by atoms with Gasteiger partial charge in [0, 0.05) is 73.9 Å². The lowest BCUT2D eigenvalue weighted by Gasteiger charge is -2.02. The van der Waals surface area contributed by atoms with E-state index in [1.54, 1.807) is 0 Å². The number of hydrogen-bond donors (Lipinski definition) is 5. The van der Waals surface area contributed by atoms with Gasteiger partial charge in [-0.15, -0.1) is 0 Å². The Bertz CT molecular complexity index is 1870. The van der Waals surface area contributed by atoms with Crippen LogP contribution < -0.4 is 10.6 Å². The maximum absolute atomic E-state index is 4.55. The number of hydrogen-bond acceptors (Lipinski definition) is 4. The molecular formula is C30H25N7. The number of nitrogens with one attached hydrogen (secondary N) is 5. The lowest BCUT2D eigenvalue weighted by atomic mass is 10.1. The van der Waals surface area contributed by atoms with E-state index in [4.69, 9.17) is 0 Å². The van der Waals surface area contributed by atoms with Gasteiger partial charge in [-0.05, 0) is 36.4 Å². The van der Waals surface area contributed by atoms with Crippen molar-refractivity contribution in [2.75, 3.05) is 26.2 Å². The molecule has 5 heterocycles. The van der Waals surface area contributed by atoms with Gasteiger partial charge in [-0.2, -0.15) is 0 Å². The van der Waals surface area contributed by atoms with Crippen LogP contribution in [0.1, 0.15) is 11.3 Å². The number of H-pyrrole nitrogens is 3. The van der Waals surface area contributed by atoms with Crippen molar-refractivity contribution in [1.29, 1.82) is 0 Å². The number of nitrogens with zero attached hydrogens (tertiary/aromatic N) is 2. The highest BCUT2D eigenvalue weighted by molar-refractivity contribution is 6.04. The number of rotatable bonds is 4. The monoisotopic (exact) mass is 483 g/mol. The van der Waals surface area contributed by atoms with Crippen molar-refractivity contribution < 1.29 is 0 Å². The van der Waals surface area contributed by atoms with Gasteiger partial charge in [0.05, 0.1) is 18.8 Å². The molecule has 0 bridgehead atoms. The minimum absolute atomic E-state index is 0.833. The lowest BCUT2D eigenvalue weighted by molar-refractivity contribution is 0.959. The highest BCUT2D eigenvalue weighted by atomic mass is 15.1. The van der Waals surface area contributed by atoms with Crippen LogP contribution >= 0.6 is 0 Å². The molecule has 8 rings (SSSR count). The molecule has 0 amide bonds. The van der Waals surface area contributed by atoms with E-state index in [0.29, 0.717) is 0 Å². The van der Waals surface area contributed by atoms with Crippen LogP contribution in [0.25, 0.3) is 55.2 Å². The van der Waals surface area contributed by atoms with Gasteiger partial charge in [0.25, 0.3) is 0 Å². The maximum atomic E-state index is 4.55. The van der Waals surface area contributed by atoms with E-state index in [0.717, 1.165) is 88.2 Å². The quantitative estimate of drug-likeness (QED) is 0.239. The molecular weight excluding hydrogens is 458 g/mol. The fraction of sp³-hybridized carbons (Fsp3) is 0.133. The molecule has 3 aromatic heterocycles. The van der Waals surface area contributed by atoms with Crippen molar-refractivity contribution in [1.82, 2.24) is 25.6 Å². The molecule has 2 aliphatic rings. The van der Waals surface area contributed by atoms with Crippen LogP contribution in [0.5, 0.6) is 0 Å². The Hall–Kier alpha value is -4.78. The van der Waals surface area contributed by atoms with Gasteiger partial charge in [0.2, 0.25) is 0 Å². The molecule has 0 saturated carbocycles. The van der Waals surface area contributed by atoms with E-state index in [2.05, 4.69) is 108 Å². The topological polar surface area (TPSA) is 96.1 Å². The molecule has 180 valence electrons. The van der Waals surface area contributed by atoms with Gasteiger partial charge in [-0.3, -0.25) is 9.98 Å². The molecule has 37 heavy (non-hydrogen) atoms. The Kier molecular flexibility index (Phi) is 4.34. The first-order valence-corrected chi connectivity index (χ1v) is 12.7. The summed E-state index contributed by atoms with van der Waals surface area (Å²) in [6.07, 6.45) is 0. The zero-order chi connectivity index (χ0) is 24.3. The Morgan fingerprint density at radius 1 is 0.459 bits per heavy atom. The van der Waals surface area contributed by atoms with Crippen LogP contribution in [0.3, 0.4) is 0 Å². The molecule has 2 aliphatic heterocycles. The largest absolute Gasteiger partial charge is 0.368 e. The summed E-state index contributed by atoms with van der Waals surface area (Å²) in [6.45, 7) is 3.49. The van der Waals surface area contributed by atoms with Gasteiger partial charge in [-0.25, -0.2) is 0 Å². The first-order valence-electron chi connectivity index (χ1n) is 12.7. The fourth-order valence-corrected chi connectivity index (χ4v) is 5.47. The van der Waals surface area contributed by atoms with Crippen molar-refractivity contribution in [3.8, 4) is 22.5 Å². The summed E-state index contributed by atoms with van der Waals surface area (Å²) in [5.41, 5.74) is 10.0. The summed E-state index contributed by atoms with van der Waals surface area (Å²) in [7, 11) is 0. The summed E-state index contributed by atoms with van der Waals surface area (Å²) < 4.78 is 0. The second kappa shape index (κ2) is 7.86. The molecule has 7 nitrogen and oxygen atoms in total. The minimum atomic E-state index is 0.833. The highest BCUT2D eigenvalue weighted by Gasteiger charge is 2.13. The normalized spacial score (nSPS) is 15.4. The van der Waals surface area contributed by atoms with Crippen LogP contribution in [-0.4, -0.2) is 52.8 Å². The summed E-state index contributed by atoms with van der Waals surface area (Å²) in [5, 5.41) is 10.3. The minimum Gasteiger partial charge on any atom is -0.368 e. The van der Waals surface area contributed by atoms with Gasteiger partial charge in [-0.1, -0.05) is 36.4 Å². The molecule has 7 heteroatoms. The Balaban J connectivity index is 1.13. The van der Waals surface area contributed by atoms with Crippen LogP contribution in [-0.2, 0) is 0 Å². The second-order valence-electron chi connectivity index (χ2n) is 9.77. The maximum Gasteiger partial charge on any atom is 0.145 e. The number of benzene rings is 3. The molecule has 0 saturated heterocycles. The van der Waals surface area contributed by atoms with Crippen LogP contribution in [0.2, 0.25) is 0 Å². The van der Waals surface area contributed by atoms with Crippen LogP contribution in [0.4, 0.5) is 0 Å². The zero-order valence-electron chi connectivity index (χ0n) is 20.2. The van der Waals surface area contributed by atoms with E-state index in [1.807, 2.05) is 0 Å². The second-order valence-corrected chi connectivity index (χ2v) is 9.77. The van der Waals surface area contributed by atoms with Gasteiger partial charge in [0.1, 0.15) is 11.7 Å². The van der Waals surface area contributed by atoms with Crippen LogP contribution in [0, 0.1) is 0 Å². The number of fused-ring (bicyclic) bond motifs is 3. The van der Waals surface area contributed by atoms with Gasteiger partial charge in [0.15, 0.2) is 0 Å². The zero-order valence-corrected chi connectivity index (χ0v) is 20.2. The fourth-order valence-electron chi connectivity index (χ4n) is 5.47. The number of aromatic amines is 3. The highest BCUT2D eigenvalue weighted by Crippen LogP contribution is 2.31. The van der Waals surface area contributed by atoms with Gasteiger partial charge < -0.3 is 25.6 Å². The molecule has 0 aliphatic carbocycles. The Morgan fingerprint density at radius 2 is 0.919 bits per heavy atom. The summed E-state index contributed by atoms with van der Waals surface area (Å²) >= 11 is 0. The lowest BCUT2D eigenvalue weighted by Crippen LogP contribution is -2.19. The average molecular weight is 484 g/mol. The van der Waals surface area contributed by atoms with Crippen molar-refractivity contribution in [3.05, 3.63) is 84.1 Å². The SMILES string of the molecule is c1cc2cc(-c3ccc4cc(-c5ccc6cc(C7=NCCN7)[nH]c6c5)[nH]c4c3)[nH]c2cc1C1=NCCN1. The third-order valence-electron chi connectivity index (χ3n) is 7.37. The Labute approximate surface area is 212 Å². The van der Waals surface area contributed by atoms with Gasteiger partial charge >= 0.3 is 0 Å². The molecule has 0 fully saturated rings. The predicted molar refractivity (Wildman–Crippen MR) is 152 cm³/mol. The average Bonchev–Trinajstić information content (AvgIpc) is 3.75. The smallest absolute Gasteiger partial charge is 0.145 e. The van der Waals surface area contributed by atoms with E-state index < -0.39 is 0 Å². The third kappa shape index (κ3) is 3.42. The van der Waals surface area contributed by atoms with E-state index in [1.165, 1.54) is 16.2 Å². The number of aliphatic imine (C=N–C) groups is 2.